The van der Waals surface area contributed by atoms with Gasteiger partial charge in [0.15, 0.2) is 0 Å². The molecule has 1 unspecified atom stereocenters. The molecular formula is C14H16N4. The number of nitrogens with zero attached hydrogens (tertiary/aromatic N) is 3. The van der Waals surface area contributed by atoms with Gasteiger partial charge in [0, 0.05) is 23.7 Å². The molecule has 1 atom stereocenters. The zero-order chi connectivity index (χ0) is 12.4. The molecule has 1 aliphatic carbocycles. The Morgan fingerprint density at radius 1 is 1.17 bits per heavy atom. The molecule has 0 bridgehead atoms. The Morgan fingerprint density at radius 3 is 2.83 bits per heavy atom. The minimum absolute atomic E-state index is 0.229. The predicted octanol–water partition coefficient (Wildman–Crippen LogP) is 2.53. The third-order valence-corrected chi connectivity index (χ3v) is 3.43. The van der Waals surface area contributed by atoms with E-state index in [1.165, 1.54) is 23.2 Å². The van der Waals surface area contributed by atoms with Crippen molar-refractivity contribution in [2.45, 2.75) is 32.2 Å². The summed E-state index contributed by atoms with van der Waals surface area (Å²) in [5, 5.41) is 3.48. The fourth-order valence-corrected chi connectivity index (χ4v) is 2.42. The standard InChI is InChI=1S/C14H16N4/c1-10(11-5-7-15-8-6-11)18-14-12-3-2-4-13(12)16-9-17-14/h5-10H,2-4H2,1H3,(H,16,17,18). The van der Waals surface area contributed by atoms with Crippen molar-refractivity contribution in [1.82, 2.24) is 15.0 Å². The van der Waals surface area contributed by atoms with Gasteiger partial charge in [-0.25, -0.2) is 9.97 Å². The summed E-state index contributed by atoms with van der Waals surface area (Å²) in [6.45, 7) is 2.14. The molecule has 2 aromatic heterocycles. The lowest BCUT2D eigenvalue weighted by Crippen LogP contribution is -2.10. The quantitative estimate of drug-likeness (QED) is 0.895. The largest absolute Gasteiger partial charge is 0.363 e. The summed E-state index contributed by atoms with van der Waals surface area (Å²) in [4.78, 5) is 12.8. The highest BCUT2D eigenvalue weighted by Crippen LogP contribution is 2.27. The van der Waals surface area contributed by atoms with Crippen molar-refractivity contribution < 1.29 is 0 Å². The number of aryl methyl sites for hydroxylation is 1. The van der Waals surface area contributed by atoms with Crippen molar-refractivity contribution in [1.29, 1.82) is 0 Å². The number of aromatic nitrogens is 3. The van der Waals surface area contributed by atoms with Crippen LogP contribution in [0.25, 0.3) is 0 Å². The molecule has 0 fully saturated rings. The van der Waals surface area contributed by atoms with Crippen molar-refractivity contribution in [3.8, 4) is 0 Å². The fourth-order valence-electron chi connectivity index (χ4n) is 2.42. The summed E-state index contributed by atoms with van der Waals surface area (Å²) in [5.74, 6) is 0.988. The van der Waals surface area contributed by atoms with Crippen LogP contribution in [0, 0.1) is 0 Å². The fraction of sp³-hybridized carbons (Fsp3) is 0.357. The molecule has 4 nitrogen and oxygen atoms in total. The highest BCUT2D eigenvalue weighted by atomic mass is 15.0. The molecule has 92 valence electrons. The van der Waals surface area contributed by atoms with Gasteiger partial charge in [0.05, 0.1) is 6.04 Å². The molecule has 1 aliphatic rings. The van der Waals surface area contributed by atoms with Crippen molar-refractivity contribution >= 4 is 5.82 Å². The average Bonchev–Trinajstić information content (AvgIpc) is 2.89. The minimum Gasteiger partial charge on any atom is -0.363 e. The van der Waals surface area contributed by atoms with Crippen LogP contribution in [-0.2, 0) is 12.8 Å². The van der Waals surface area contributed by atoms with Gasteiger partial charge in [0.25, 0.3) is 0 Å². The van der Waals surface area contributed by atoms with E-state index in [4.69, 9.17) is 0 Å². The van der Waals surface area contributed by atoms with Crippen LogP contribution < -0.4 is 5.32 Å². The Hall–Kier alpha value is -1.97. The summed E-state index contributed by atoms with van der Waals surface area (Å²) in [5.41, 5.74) is 3.71. The van der Waals surface area contributed by atoms with E-state index in [9.17, 15) is 0 Å². The van der Waals surface area contributed by atoms with Crippen LogP contribution in [0.2, 0.25) is 0 Å². The lowest BCUT2D eigenvalue weighted by atomic mass is 10.1. The Kier molecular flexibility index (Phi) is 2.92. The minimum atomic E-state index is 0.229. The lowest BCUT2D eigenvalue weighted by Gasteiger charge is -2.16. The molecule has 0 saturated carbocycles. The van der Waals surface area contributed by atoms with Crippen LogP contribution in [0.3, 0.4) is 0 Å². The first kappa shape index (κ1) is 11.1. The van der Waals surface area contributed by atoms with Crippen molar-refractivity contribution in [3.05, 3.63) is 47.7 Å². The molecule has 0 saturated heterocycles. The topological polar surface area (TPSA) is 50.7 Å². The maximum atomic E-state index is 4.38. The van der Waals surface area contributed by atoms with Crippen LogP contribution in [-0.4, -0.2) is 15.0 Å². The van der Waals surface area contributed by atoms with Crippen LogP contribution in [0.15, 0.2) is 30.9 Å². The maximum Gasteiger partial charge on any atom is 0.133 e. The Morgan fingerprint density at radius 2 is 2.00 bits per heavy atom. The molecule has 0 spiro atoms. The summed E-state index contributed by atoms with van der Waals surface area (Å²) in [6.07, 6.45) is 8.64. The molecule has 2 heterocycles. The molecule has 0 aliphatic heterocycles. The lowest BCUT2D eigenvalue weighted by molar-refractivity contribution is 0.860. The molecule has 4 heteroatoms. The molecule has 0 amide bonds. The second-order valence-corrected chi connectivity index (χ2v) is 4.65. The van der Waals surface area contributed by atoms with Crippen LogP contribution in [0.4, 0.5) is 5.82 Å². The maximum absolute atomic E-state index is 4.38. The van der Waals surface area contributed by atoms with Gasteiger partial charge < -0.3 is 5.32 Å². The predicted molar refractivity (Wildman–Crippen MR) is 70.3 cm³/mol. The second kappa shape index (κ2) is 4.72. The number of nitrogens with one attached hydrogen (secondary N) is 1. The zero-order valence-electron chi connectivity index (χ0n) is 10.4. The van der Waals surface area contributed by atoms with Crippen molar-refractivity contribution in [2.75, 3.05) is 5.32 Å². The number of pyridine rings is 1. The SMILES string of the molecule is CC(Nc1ncnc2c1CCC2)c1ccncc1. The van der Waals surface area contributed by atoms with E-state index in [0.29, 0.717) is 0 Å². The number of anilines is 1. The van der Waals surface area contributed by atoms with Crippen LogP contribution >= 0.6 is 0 Å². The van der Waals surface area contributed by atoms with E-state index in [2.05, 4.69) is 27.2 Å². The summed E-state index contributed by atoms with van der Waals surface area (Å²) < 4.78 is 0. The van der Waals surface area contributed by atoms with E-state index in [1.54, 1.807) is 6.33 Å². The van der Waals surface area contributed by atoms with Gasteiger partial charge in [-0.3, -0.25) is 4.98 Å². The van der Waals surface area contributed by atoms with Gasteiger partial charge in [-0.05, 0) is 43.9 Å². The van der Waals surface area contributed by atoms with E-state index in [0.717, 1.165) is 18.7 Å². The van der Waals surface area contributed by atoms with Gasteiger partial charge >= 0.3 is 0 Å². The zero-order valence-corrected chi connectivity index (χ0v) is 10.4. The average molecular weight is 240 g/mol. The van der Waals surface area contributed by atoms with Crippen molar-refractivity contribution in [3.63, 3.8) is 0 Å². The van der Waals surface area contributed by atoms with E-state index in [1.807, 2.05) is 24.5 Å². The summed E-state index contributed by atoms with van der Waals surface area (Å²) in [6, 6.07) is 4.28. The Bertz CT molecular complexity index is 539. The second-order valence-electron chi connectivity index (χ2n) is 4.65. The van der Waals surface area contributed by atoms with Crippen LogP contribution in [0.1, 0.15) is 36.2 Å². The highest BCUT2D eigenvalue weighted by molar-refractivity contribution is 5.49. The molecule has 2 aromatic rings. The highest BCUT2D eigenvalue weighted by Gasteiger charge is 2.18. The molecular weight excluding hydrogens is 224 g/mol. The third kappa shape index (κ3) is 2.06. The van der Waals surface area contributed by atoms with E-state index >= 15 is 0 Å². The van der Waals surface area contributed by atoms with E-state index < -0.39 is 0 Å². The number of hydrogen-bond acceptors (Lipinski definition) is 4. The number of rotatable bonds is 3. The van der Waals surface area contributed by atoms with Gasteiger partial charge in [-0.2, -0.15) is 0 Å². The van der Waals surface area contributed by atoms with Gasteiger partial charge in [-0.15, -0.1) is 0 Å². The Labute approximate surface area is 107 Å². The van der Waals surface area contributed by atoms with Crippen molar-refractivity contribution in [2.24, 2.45) is 0 Å². The first-order chi connectivity index (χ1) is 8.84. The number of hydrogen-bond donors (Lipinski definition) is 1. The normalized spacial score (nSPS) is 15.2. The molecule has 0 radical (unpaired) electrons. The number of fused-ring (bicyclic) bond motifs is 1. The van der Waals surface area contributed by atoms with Gasteiger partial charge in [-0.1, -0.05) is 0 Å². The van der Waals surface area contributed by atoms with Crippen LogP contribution in [0.5, 0.6) is 0 Å². The smallest absolute Gasteiger partial charge is 0.133 e. The molecule has 3 rings (SSSR count). The third-order valence-electron chi connectivity index (χ3n) is 3.43. The monoisotopic (exact) mass is 240 g/mol. The molecule has 0 aromatic carbocycles. The first-order valence-electron chi connectivity index (χ1n) is 6.34. The molecule has 1 N–H and O–H groups in total. The Balaban J connectivity index is 1.83. The first-order valence-corrected chi connectivity index (χ1v) is 6.34. The van der Waals surface area contributed by atoms with Gasteiger partial charge in [0.2, 0.25) is 0 Å². The van der Waals surface area contributed by atoms with E-state index in [-0.39, 0.29) is 6.04 Å². The van der Waals surface area contributed by atoms with Gasteiger partial charge in [0.1, 0.15) is 12.1 Å². The summed E-state index contributed by atoms with van der Waals surface area (Å²) >= 11 is 0. The molecule has 18 heavy (non-hydrogen) atoms. The summed E-state index contributed by atoms with van der Waals surface area (Å²) in [7, 11) is 0.